The number of aromatic nitrogens is 2. The molecule has 0 aliphatic carbocycles. The first-order valence-corrected chi connectivity index (χ1v) is 6.15. The summed E-state index contributed by atoms with van der Waals surface area (Å²) in [5.41, 5.74) is 0. The summed E-state index contributed by atoms with van der Waals surface area (Å²) in [5, 5.41) is 7.14. The molecule has 1 fully saturated rings. The summed E-state index contributed by atoms with van der Waals surface area (Å²) in [6.07, 6.45) is 0.987. The van der Waals surface area contributed by atoms with Crippen LogP contribution in [0.1, 0.15) is 24.6 Å². The molecule has 7 heteroatoms. The van der Waals surface area contributed by atoms with Crippen molar-refractivity contribution in [2.75, 3.05) is 19.8 Å². The monoisotopic (exact) mass is 261 g/mol. The predicted molar refractivity (Wildman–Crippen MR) is 59.6 cm³/mol. The van der Waals surface area contributed by atoms with Crippen molar-refractivity contribution in [1.82, 2.24) is 15.5 Å². The fourth-order valence-corrected chi connectivity index (χ4v) is 1.95. The molecule has 0 saturated carbocycles. The van der Waals surface area contributed by atoms with Crippen LogP contribution in [0.5, 0.6) is 0 Å². The van der Waals surface area contributed by atoms with Gasteiger partial charge in [0.2, 0.25) is 5.89 Å². The van der Waals surface area contributed by atoms with Crippen molar-refractivity contribution in [2.45, 2.75) is 38.2 Å². The molecule has 102 valence electrons. The van der Waals surface area contributed by atoms with Gasteiger partial charge in [0.05, 0.1) is 6.61 Å². The molecule has 1 saturated heterocycles. The maximum absolute atomic E-state index is 11.8. The number of alkyl halides is 2. The molecule has 1 aliphatic heterocycles. The summed E-state index contributed by atoms with van der Waals surface area (Å²) < 4.78 is 33.5. The number of hydrogen-bond acceptors (Lipinski definition) is 5. The molecule has 1 unspecified atom stereocenters. The molecule has 0 radical (unpaired) electrons. The van der Waals surface area contributed by atoms with Gasteiger partial charge in [-0.15, -0.1) is 0 Å². The van der Waals surface area contributed by atoms with Crippen LogP contribution in [0.4, 0.5) is 8.78 Å². The van der Waals surface area contributed by atoms with Crippen molar-refractivity contribution in [3.8, 4) is 0 Å². The van der Waals surface area contributed by atoms with Crippen LogP contribution in [-0.4, -0.2) is 42.4 Å². The topological polar surface area (TPSA) is 60.2 Å². The molecule has 1 atom stereocenters. The summed E-state index contributed by atoms with van der Waals surface area (Å²) >= 11 is 0. The molecule has 18 heavy (non-hydrogen) atoms. The third kappa shape index (κ3) is 4.30. The van der Waals surface area contributed by atoms with E-state index in [9.17, 15) is 8.78 Å². The SMILES string of the molecule is FC(F)COCCc1noc(CC2CCCN2)n1. The first-order chi connectivity index (χ1) is 8.74. The first kappa shape index (κ1) is 13.4. The number of rotatable bonds is 7. The van der Waals surface area contributed by atoms with Crippen LogP contribution in [0.3, 0.4) is 0 Å². The van der Waals surface area contributed by atoms with Crippen molar-refractivity contribution < 1.29 is 18.0 Å². The van der Waals surface area contributed by atoms with Crippen LogP contribution in [0.2, 0.25) is 0 Å². The Kier molecular flexibility index (Phi) is 5.00. The van der Waals surface area contributed by atoms with Gasteiger partial charge in [0.15, 0.2) is 5.82 Å². The highest BCUT2D eigenvalue weighted by Crippen LogP contribution is 2.10. The summed E-state index contributed by atoms with van der Waals surface area (Å²) in [6.45, 7) is 0.675. The van der Waals surface area contributed by atoms with Gasteiger partial charge in [-0.1, -0.05) is 5.16 Å². The Morgan fingerprint density at radius 3 is 3.11 bits per heavy atom. The Morgan fingerprint density at radius 2 is 2.39 bits per heavy atom. The molecule has 0 spiro atoms. The zero-order chi connectivity index (χ0) is 12.8. The number of nitrogens with zero attached hydrogens (tertiary/aromatic N) is 2. The highest BCUT2D eigenvalue weighted by molar-refractivity contribution is 4.91. The van der Waals surface area contributed by atoms with Gasteiger partial charge in [0, 0.05) is 18.9 Å². The van der Waals surface area contributed by atoms with Crippen molar-refractivity contribution >= 4 is 0 Å². The molecular weight excluding hydrogens is 244 g/mol. The molecule has 5 nitrogen and oxygen atoms in total. The van der Waals surface area contributed by atoms with E-state index in [0.29, 0.717) is 24.2 Å². The second kappa shape index (κ2) is 6.75. The summed E-state index contributed by atoms with van der Waals surface area (Å²) in [5.74, 6) is 1.11. The minimum absolute atomic E-state index is 0.186. The third-order valence-corrected chi connectivity index (χ3v) is 2.81. The standard InChI is InChI=1S/C11H17F2N3O2/c12-9(13)7-17-5-3-10-15-11(18-16-10)6-8-2-1-4-14-8/h8-9,14H,1-7H2. The molecule has 1 aromatic heterocycles. The molecular formula is C11H17F2N3O2. The Balaban J connectivity index is 1.68. The van der Waals surface area contributed by atoms with Gasteiger partial charge < -0.3 is 14.6 Å². The van der Waals surface area contributed by atoms with E-state index in [1.807, 2.05) is 0 Å². The smallest absolute Gasteiger partial charge is 0.261 e. The van der Waals surface area contributed by atoms with Gasteiger partial charge >= 0.3 is 0 Å². The van der Waals surface area contributed by atoms with Gasteiger partial charge in [-0.2, -0.15) is 4.98 Å². The van der Waals surface area contributed by atoms with E-state index in [1.165, 1.54) is 6.42 Å². The average molecular weight is 261 g/mol. The molecule has 1 N–H and O–H groups in total. The van der Waals surface area contributed by atoms with Gasteiger partial charge in [0.25, 0.3) is 6.43 Å². The van der Waals surface area contributed by atoms with E-state index in [-0.39, 0.29) is 6.61 Å². The largest absolute Gasteiger partial charge is 0.375 e. The van der Waals surface area contributed by atoms with E-state index in [4.69, 9.17) is 9.26 Å². The Morgan fingerprint density at radius 1 is 1.50 bits per heavy atom. The Bertz CT molecular complexity index is 354. The van der Waals surface area contributed by atoms with Crippen molar-refractivity contribution in [3.63, 3.8) is 0 Å². The lowest BCUT2D eigenvalue weighted by Crippen LogP contribution is -2.23. The van der Waals surface area contributed by atoms with Gasteiger partial charge in [0.1, 0.15) is 6.61 Å². The number of hydrogen-bond donors (Lipinski definition) is 1. The molecule has 1 aliphatic rings. The maximum Gasteiger partial charge on any atom is 0.261 e. The lowest BCUT2D eigenvalue weighted by Gasteiger charge is -2.04. The fraction of sp³-hybridized carbons (Fsp3) is 0.818. The van der Waals surface area contributed by atoms with Crippen molar-refractivity contribution in [3.05, 3.63) is 11.7 Å². The predicted octanol–water partition coefficient (Wildman–Crippen LogP) is 1.19. The zero-order valence-electron chi connectivity index (χ0n) is 10.1. The summed E-state index contributed by atoms with van der Waals surface area (Å²) in [4.78, 5) is 4.21. The average Bonchev–Trinajstić information content (AvgIpc) is 2.97. The molecule has 0 amide bonds. The van der Waals surface area contributed by atoms with Crippen LogP contribution in [0.15, 0.2) is 4.52 Å². The Labute approximate surface area is 104 Å². The molecule has 2 rings (SSSR count). The lowest BCUT2D eigenvalue weighted by molar-refractivity contribution is 0.0182. The maximum atomic E-state index is 11.8. The summed E-state index contributed by atoms with van der Waals surface area (Å²) in [6, 6.07) is 0.411. The second-order valence-electron chi connectivity index (χ2n) is 4.32. The normalized spacial score (nSPS) is 19.8. The molecule has 0 bridgehead atoms. The third-order valence-electron chi connectivity index (χ3n) is 2.81. The Hall–Kier alpha value is -1.08. The molecule has 2 heterocycles. The minimum Gasteiger partial charge on any atom is -0.375 e. The highest BCUT2D eigenvalue weighted by Gasteiger charge is 2.17. The van der Waals surface area contributed by atoms with Crippen LogP contribution < -0.4 is 5.32 Å². The zero-order valence-corrected chi connectivity index (χ0v) is 10.1. The van der Waals surface area contributed by atoms with Crippen molar-refractivity contribution in [2.24, 2.45) is 0 Å². The first-order valence-electron chi connectivity index (χ1n) is 6.15. The van der Waals surface area contributed by atoms with E-state index in [1.54, 1.807) is 0 Å². The minimum atomic E-state index is -2.43. The van der Waals surface area contributed by atoms with Gasteiger partial charge in [-0.3, -0.25) is 0 Å². The number of nitrogens with one attached hydrogen (secondary N) is 1. The van der Waals surface area contributed by atoms with E-state index in [0.717, 1.165) is 19.4 Å². The van der Waals surface area contributed by atoms with Crippen LogP contribution in [0, 0.1) is 0 Å². The van der Waals surface area contributed by atoms with Crippen LogP contribution in [0.25, 0.3) is 0 Å². The molecule has 0 aromatic carbocycles. The highest BCUT2D eigenvalue weighted by atomic mass is 19.3. The molecule has 1 aromatic rings. The second-order valence-corrected chi connectivity index (χ2v) is 4.32. The van der Waals surface area contributed by atoms with E-state index in [2.05, 4.69) is 15.5 Å². The quantitative estimate of drug-likeness (QED) is 0.747. The summed E-state index contributed by atoms with van der Waals surface area (Å²) in [7, 11) is 0. The van der Waals surface area contributed by atoms with Crippen LogP contribution in [-0.2, 0) is 17.6 Å². The number of halogens is 2. The van der Waals surface area contributed by atoms with Gasteiger partial charge in [-0.05, 0) is 19.4 Å². The van der Waals surface area contributed by atoms with Crippen LogP contribution >= 0.6 is 0 Å². The van der Waals surface area contributed by atoms with Gasteiger partial charge in [-0.25, -0.2) is 8.78 Å². The van der Waals surface area contributed by atoms with E-state index >= 15 is 0 Å². The lowest BCUT2D eigenvalue weighted by atomic mass is 10.1. The number of ether oxygens (including phenoxy) is 1. The van der Waals surface area contributed by atoms with Crippen molar-refractivity contribution in [1.29, 1.82) is 0 Å². The fourth-order valence-electron chi connectivity index (χ4n) is 1.95. The van der Waals surface area contributed by atoms with E-state index < -0.39 is 13.0 Å².